The predicted molar refractivity (Wildman–Crippen MR) is 117 cm³/mol. The minimum absolute atomic E-state index is 0.444. The van der Waals surface area contributed by atoms with Crippen LogP contribution in [0.4, 0.5) is 0 Å². The van der Waals surface area contributed by atoms with Crippen LogP contribution in [0.5, 0.6) is 0 Å². The van der Waals surface area contributed by atoms with Crippen molar-refractivity contribution >= 4 is 0 Å². The van der Waals surface area contributed by atoms with Gasteiger partial charge in [-0.2, -0.15) is 5.26 Å². The molecule has 0 saturated heterocycles. The van der Waals surface area contributed by atoms with Crippen molar-refractivity contribution in [2.24, 2.45) is 0 Å². The number of aromatic nitrogens is 1. The molecular weight excluding hydrogens is 340 g/mol. The second-order valence-corrected chi connectivity index (χ2v) is 8.46. The van der Waals surface area contributed by atoms with Gasteiger partial charge in [-0.05, 0) is 67.7 Å². The molecule has 1 aliphatic carbocycles. The summed E-state index contributed by atoms with van der Waals surface area (Å²) in [7, 11) is 0. The topological polar surface area (TPSA) is 36.7 Å². The van der Waals surface area contributed by atoms with Gasteiger partial charge in [0.05, 0.1) is 17.2 Å². The van der Waals surface area contributed by atoms with Crippen LogP contribution in [0.1, 0.15) is 88.2 Å². The average Bonchev–Trinajstić information content (AvgIpc) is 3.06. The summed E-state index contributed by atoms with van der Waals surface area (Å²) < 4.78 is 0. The zero-order chi connectivity index (χ0) is 20.0. The third kappa shape index (κ3) is 4.14. The van der Waals surface area contributed by atoms with E-state index in [1.54, 1.807) is 0 Å². The maximum Gasteiger partial charge on any atom is 0.0971 e. The van der Waals surface area contributed by atoms with Crippen molar-refractivity contribution in [1.82, 2.24) is 4.98 Å². The molecule has 2 nitrogen and oxygen atoms in total. The van der Waals surface area contributed by atoms with Gasteiger partial charge in [-0.15, -0.1) is 0 Å². The van der Waals surface area contributed by atoms with Gasteiger partial charge in [0.15, 0.2) is 0 Å². The van der Waals surface area contributed by atoms with E-state index >= 15 is 0 Å². The van der Waals surface area contributed by atoms with E-state index in [0.29, 0.717) is 0 Å². The Morgan fingerprint density at radius 1 is 1.00 bits per heavy atom. The molecule has 0 radical (unpaired) electrons. The van der Waals surface area contributed by atoms with Crippen molar-refractivity contribution in [2.45, 2.75) is 90.4 Å². The van der Waals surface area contributed by atoms with Crippen LogP contribution in [0.15, 0.2) is 30.3 Å². The molecule has 0 bridgehead atoms. The zero-order valence-corrected chi connectivity index (χ0v) is 17.9. The number of aryl methyl sites for hydroxylation is 1. The largest absolute Gasteiger partial charge is 0.256 e. The first-order chi connectivity index (χ1) is 13.6. The van der Waals surface area contributed by atoms with E-state index in [2.05, 4.69) is 57.2 Å². The highest BCUT2D eigenvalue weighted by atomic mass is 14.8. The normalized spacial score (nSPS) is 18.1. The molecule has 0 aliphatic heterocycles. The van der Waals surface area contributed by atoms with Gasteiger partial charge < -0.3 is 0 Å². The molecule has 0 saturated carbocycles. The van der Waals surface area contributed by atoms with Crippen molar-refractivity contribution < 1.29 is 0 Å². The second-order valence-electron chi connectivity index (χ2n) is 8.46. The van der Waals surface area contributed by atoms with Gasteiger partial charge in [0, 0.05) is 5.69 Å². The van der Waals surface area contributed by atoms with Crippen LogP contribution in [0.2, 0.25) is 0 Å². The van der Waals surface area contributed by atoms with Gasteiger partial charge in [0.25, 0.3) is 0 Å². The Labute approximate surface area is 171 Å². The number of fused-ring (bicyclic) bond motifs is 1. The summed E-state index contributed by atoms with van der Waals surface area (Å²) in [6.07, 6.45) is 11.3. The molecule has 0 spiro atoms. The summed E-state index contributed by atoms with van der Waals surface area (Å²) in [5.41, 5.74) is 7.35. The van der Waals surface area contributed by atoms with Crippen LogP contribution in [-0.2, 0) is 24.7 Å². The number of benzene rings is 1. The molecule has 1 atom stereocenters. The Kier molecular flexibility index (Phi) is 6.89. The Hall–Kier alpha value is -2.14. The van der Waals surface area contributed by atoms with Gasteiger partial charge in [-0.1, -0.05) is 69.9 Å². The number of hydrogen-bond donors (Lipinski definition) is 0. The predicted octanol–water partition coefficient (Wildman–Crippen LogP) is 6.94. The summed E-state index contributed by atoms with van der Waals surface area (Å²) in [6, 6.07) is 13.4. The molecule has 1 aromatic heterocycles. The lowest BCUT2D eigenvalue weighted by Gasteiger charge is -2.22. The number of unbranched alkanes of at least 4 members (excludes halogenated alkanes) is 4. The van der Waals surface area contributed by atoms with Gasteiger partial charge >= 0.3 is 0 Å². The summed E-state index contributed by atoms with van der Waals surface area (Å²) >= 11 is 0. The third-order valence-electron chi connectivity index (χ3n) is 6.24. The smallest absolute Gasteiger partial charge is 0.0971 e. The molecule has 1 aliphatic rings. The number of pyridine rings is 1. The van der Waals surface area contributed by atoms with E-state index in [-0.39, 0.29) is 0 Å². The van der Waals surface area contributed by atoms with E-state index in [1.807, 2.05) is 0 Å². The number of rotatable bonds is 9. The lowest BCUT2D eigenvalue weighted by molar-refractivity contribution is 0.584. The minimum atomic E-state index is -0.444. The lowest BCUT2D eigenvalue weighted by Crippen LogP contribution is -2.19. The molecule has 148 valence electrons. The molecule has 0 N–H and O–H groups in total. The van der Waals surface area contributed by atoms with Crippen LogP contribution in [0.3, 0.4) is 0 Å². The average molecular weight is 375 g/mol. The second kappa shape index (κ2) is 9.37. The van der Waals surface area contributed by atoms with Crippen molar-refractivity contribution in [3.63, 3.8) is 0 Å². The standard InChI is InChI=1S/C26H34N2/c1-4-6-9-15-21-23(16-10-7-5-2)28-25-22(17-18-26(25,3)19-27)24(21)20-13-11-8-12-14-20/h8,11-14H,4-7,9-10,15-18H2,1-3H3/t26-/m1/s1. The third-order valence-corrected chi connectivity index (χ3v) is 6.24. The fourth-order valence-electron chi connectivity index (χ4n) is 4.54. The van der Waals surface area contributed by atoms with Gasteiger partial charge in [0.2, 0.25) is 0 Å². The molecule has 1 aromatic carbocycles. The maximum absolute atomic E-state index is 9.89. The first-order valence-electron chi connectivity index (χ1n) is 11.2. The van der Waals surface area contributed by atoms with Crippen LogP contribution in [0.25, 0.3) is 11.1 Å². The number of nitriles is 1. The van der Waals surface area contributed by atoms with Crippen molar-refractivity contribution in [2.75, 3.05) is 0 Å². The summed E-state index contributed by atoms with van der Waals surface area (Å²) in [6.45, 7) is 6.59. The maximum atomic E-state index is 9.89. The number of hydrogen-bond acceptors (Lipinski definition) is 2. The van der Waals surface area contributed by atoms with Crippen molar-refractivity contribution in [3.05, 3.63) is 52.8 Å². The van der Waals surface area contributed by atoms with Crippen LogP contribution < -0.4 is 0 Å². The highest BCUT2D eigenvalue weighted by Crippen LogP contribution is 2.44. The van der Waals surface area contributed by atoms with Crippen LogP contribution >= 0.6 is 0 Å². The monoisotopic (exact) mass is 374 g/mol. The Balaban J connectivity index is 2.17. The van der Waals surface area contributed by atoms with Crippen molar-refractivity contribution in [3.8, 4) is 17.2 Å². The highest BCUT2D eigenvalue weighted by molar-refractivity contribution is 5.74. The first-order valence-corrected chi connectivity index (χ1v) is 11.2. The van der Waals surface area contributed by atoms with E-state index in [1.165, 1.54) is 66.5 Å². The molecule has 0 fully saturated rings. The zero-order valence-electron chi connectivity index (χ0n) is 17.9. The summed E-state index contributed by atoms with van der Waals surface area (Å²) in [5.74, 6) is 0. The molecule has 2 heteroatoms. The SMILES string of the molecule is CCCCCc1nc2c(c(-c3ccccc3)c1CCCCC)CC[C@]2(C)C#N. The van der Waals surface area contributed by atoms with Crippen LogP contribution in [0, 0.1) is 11.3 Å². The fraction of sp³-hybridized carbons (Fsp3) is 0.538. The highest BCUT2D eigenvalue weighted by Gasteiger charge is 2.39. The quantitative estimate of drug-likeness (QED) is 0.446. The molecule has 2 aromatic rings. The van der Waals surface area contributed by atoms with Crippen molar-refractivity contribution in [1.29, 1.82) is 5.26 Å². The van der Waals surface area contributed by atoms with Crippen LogP contribution in [-0.4, -0.2) is 4.98 Å². The van der Waals surface area contributed by atoms with Gasteiger partial charge in [-0.3, -0.25) is 4.98 Å². The number of nitrogens with zero attached hydrogens (tertiary/aromatic N) is 2. The van der Waals surface area contributed by atoms with E-state index in [9.17, 15) is 5.26 Å². The molecular formula is C26H34N2. The molecule has 1 heterocycles. The van der Waals surface area contributed by atoms with E-state index in [4.69, 9.17) is 4.98 Å². The fourth-order valence-corrected chi connectivity index (χ4v) is 4.54. The van der Waals surface area contributed by atoms with E-state index in [0.717, 1.165) is 31.4 Å². The summed E-state index contributed by atoms with van der Waals surface area (Å²) in [5, 5.41) is 9.89. The Bertz CT molecular complexity index is 832. The Morgan fingerprint density at radius 3 is 2.32 bits per heavy atom. The van der Waals surface area contributed by atoms with Gasteiger partial charge in [-0.25, -0.2) is 0 Å². The molecule has 28 heavy (non-hydrogen) atoms. The minimum Gasteiger partial charge on any atom is -0.256 e. The Morgan fingerprint density at radius 2 is 1.68 bits per heavy atom. The molecule has 0 unspecified atom stereocenters. The first kappa shape index (κ1) is 20.6. The van der Waals surface area contributed by atoms with E-state index < -0.39 is 5.41 Å². The molecule has 0 amide bonds. The summed E-state index contributed by atoms with van der Waals surface area (Å²) in [4.78, 5) is 5.19. The van der Waals surface area contributed by atoms with Gasteiger partial charge in [0.1, 0.15) is 0 Å². The lowest BCUT2D eigenvalue weighted by atomic mass is 9.85. The molecule has 3 rings (SSSR count).